The summed E-state index contributed by atoms with van der Waals surface area (Å²) in [4.78, 5) is 13.2. The molecule has 146 valence electrons. The van der Waals surface area contributed by atoms with Crippen molar-refractivity contribution in [3.8, 4) is 0 Å². The van der Waals surface area contributed by atoms with Gasteiger partial charge in [0.1, 0.15) is 11.1 Å². The van der Waals surface area contributed by atoms with E-state index in [0.717, 1.165) is 6.07 Å². The van der Waals surface area contributed by atoms with Gasteiger partial charge in [0.25, 0.3) is 5.91 Å². The van der Waals surface area contributed by atoms with Gasteiger partial charge in [-0.3, -0.25) is 4.79 Å². The molecule has 0 aliphatic heterocycles. The van der Waals surface area contributed by atoms with Crippen LogP contribution in [0.15, 0.2) is 69.3 Å². The third kappa shape index (κ3) is 4.34. The highest BCUT2D eigenvalue weighted by atomic mass is 79.9. The molecule has 0 aliphatic rings. The molecule has 2 aromatic carbocycles. The molecule has 0 spiro atoms. The van der Waals surface area contributed by atoms with Crippen molar-refractivity contribution in [1.29, 1.82) is 0 Å². The van der Waals surface area contributed by atoms with Gasteiger partial charge in [0.05, 0.1) is 10.5 Å². The van der Waals surface area contributed by atoms with Gasteiger partial charge in [0.2, 0.25) is 0 Å². The summed E-state index contributed by atoms with van der Waals surface area (Å²) in [6, 6.07) is 14.1. The minimum absolute atomic E-state index is 0.0277. The molecule has 0 saturated heterocycles. The fourth-order valence-electron chi connectivity index (χ4n) is 2.72. The smallest absolute Gasteiger partial charge is 0.252 e. The zero-order valence-corrected chi connectivity index (χ0v) is 18.1. The van der Waals surface area contributed by atoms with E-state index in [1.165, 1.54) is 30.4 Å². The van der Waals surface area contributed by atoms with Crippen LogP contribution in [0.3, 0.4) is 0 Å². The van der Waals surface area contributed by atoms with Gasteiger partial charge in [-0.05, 0) is 70.2 Å². The summed E-state index contributed by atoms with van der Waals surface area (Å²) >= 11 is 4.62. The number of sulfone groups is 1. The van der Waals surface area contributed by atoms with Crippen LogP contribution in [0.25, 0.3) is 0 Å². The van der Waals surface area contributed by atoms with Gasteiger partial charge in [0, 0.05) is 15.9 Å². The van der Waals surface area contributed by atoms with Crippen LogP contribution in [-0.4, -0.2) is 20.9 Å². The summed E-state index contributed by atoms with van der Waals surface area (Å²) in [7, 11) is -3.83. The molecule has 8 heteroatoms. The third-order valence-electron chi connectivity index (χ3n) is 4.26. The molecule has 0 aliphatic carbocycles. The molecule has 0 saturated carbocycles. The van der Waals surface area contributed by atoms with Crippen LogP contribution in [0.2, 0.25) is 0 Å². The van der Waals surface area contributed by atoms with Crippen LogP contribution in [0, 0.1) is 12.7 Å². The summed E-state index contributed by atoms with van der Waals surface area (Å²) in [5, 5.41) is 3.53. The number of thiophene rings is 1. The predicted octanol–water partition coefficient (Wildman–Crippen LogP) is 4.90. The van der Waals surface area contributed by atoms with Crippen molar-refractivity contribution >= 4 is 43.0 Å². The molecule has 0 radical (unpaired) electrons. The highest BCUT2D eigenvalue weighted by Gasteiger charge is 2.31. The number of rotatable bonds is 6. The van der Waals surface area contributed by atoms with Crippen molar-refractivity contribution in [1.82, 2.24) is 5.32 Å². The van der Waals surface area contributed by atoms with Crippen LogP contribution in [0.5, 0.6) is 0 Å². The number of hydrogen-bond donors (Lipinski definition) is 1. The molecular formula is C20H17BrFNO3S2. The molecule has 28 heavy (non-hydrogen) atoms. The number of amides is 1. The standard InChI is InChI=1S/C20H17BrFNO3S2/c1-13-11-14(8-9-17(13)22)28(25,26)19(18-7-4-10-27-18)12-23-20(24)15-5-2-3-6-16(15)21/h2-11,19H,12H2,1H3,(H,23,24)/t19-/m1/s1. The zero-order chi connectivity index (χ0) is 20.3. The number of nitrogens with one attached hydrogen (secondary N) is 1. The predicted molar refractivity (Wildman–Crippen MR) is 112 cm³/mol. The van der Waals surface area contributed by atoms with Gasteiger partial charge in [0.15, 0.2) is 9.84 Å². The molecule has 3 aromatic rings. The van der Waals surface area contributed by atoms with E-state index in [4.69, 9.17) is 0 Å². The Hall–Kier alpha value is -2.03. The summed E-state index contributed by atoms with van der Waals surface area (Å²) in [5.74, 6) is -0.839. The van der Waals surface area contributed by atoms with Crippen molar-refractivity contribution in [2.45, 2.75) is 17.1 Å². The Kier molecular flexibility index (Phi) is 6.32. The lowest BCUT2D eigenvalue weighted by Crippen LogP contribution is -2.31. The summed E-state index contributed by atoms with van der Waals surface area (Å²) in [6.45, 7) is 1.42. The minimum atomic E-state index is -3.83. The Morgan fingerprint density at radius 3 is 2.57 bits per heavy atom. The van der Waals surface area contributed by atoms with Crippen LogP contribution < -0.4 is 5.32 Å². The lowest BCUT2D eigenvalue weighted by molar-refractivity contribution is 0.0953. The van der Waals surface area contributed by atoms with Crippen molar-refractivity contribution < 1.29 is 17.6 Å². The average Bonchev–Trinajstić information content (AvgIpc) is 3.18. The maximum absolute atomic E-state index is 13.6. The molecule has 1 atom stereocenters. The maximum atomic E-state index is 13.6. The summed E-state index contributed by atoms with van der Waals surface area (Å²) < 4.78 is 40.7. The fraction of sp³-hybridized carbons (Fsp3) is 0.150. The second kappa shape index (κ2) is 8.55. The lowest BCUT2D eigenvalue weighted by Gasteiger charge is -2.18. The van der Waals surface area contributed by atoms with E-state index in [2.05, 4.69) is 21.2 Å². The Balaban J connectivity index is 1.91. The van der Waals surface area contributed by atoms with Gasteiger partial charge in [-0.25, -0.2) is 12.8 Å². The van der Waals surface area contributed by atoms with Crippen molar-refractivity contribution in [3.63, 3.8) is 0 Å². The number of aryl methyl sites for hydroxylation is 1. The third-order valence-corrected chi connectivity index (χ3v) is 8.17. The Bertz CT molecular complexity index is 1100. The SMILES string of the molecule is Cc1cc(S(=O)(=O)[C@H](CNC(=O)c2ccccc2Br)c2cccs2)ccc1F. The first-order valence-electron chi connectivity index (χ1n) is 8.37. The monoisotopic (exact) mass is 481 g/mol. The summed E-state index contributed by atoms with van der Waals surface area (Å²) in [6.07, 6.45) is 0. The van der Waals surface area contributed by atoms with E-state index < -0.39 is 20.9 Å². The van der Waals surface area contributed by atoms with Crippen LogP contribution in [0.4, 0.5) is 4.39 Å². The molecule has 1 amide bonds. The molecule has 4 nitrogen and oxygen atoms in total. The number of halogens is 2. The Morgan fingerprint density at radius 1 is 1.18 bits per heavy atom. The van der Waals surface area contributed by atoms with Gasteiger partial charge in [-0.1, -0.05) is 18.2 Å². The first-order valence-corrected chi connectivity index (χ1v) is 11.6. The summed E-state index contributed by atoms with van der Waals surface area (Å²) in [5.41, 5.74) is 0.672. The number of hydrogen-bond acceptors (Lipinski definition) is 4. The second-order valence-corrected chi connectivity index (χ2v) is 10.1. The van der Waals surface area contributed by atoms with Crippen molar-refractivity contribution in [2.75, 3.05) is 6.54 Å². The first kappa shape index (κ1) is 20.7. The van der Waals surface area contributed by atoms with E-state index >= 15 is 0 Å². The van der Waals surface area contributed by atoms with E-state index in [0.29, 0.717) is 14.9 Å². The van der Waals surface area contributed by atoms with E-state index in [9.17, 15) is 17.6 Å². The molecule has 0 fully saturated rings. The minimum Gasteiger partial charge on any atom is -0.350 e. The second-order valence-electron chi connectivity index (χ2n) is 6.15. The largest absolute Gasteiger partial charge is 0.350 e. The van der Waals surface area contributed by atoms with E-state index in [-0.39, 0.29) is 22.9 Å². The van der Waals surface area contributed by atoms with Crippen molar-refractivity contribution in [3.05, 3.63) is 86.3 Å². The fourth-order valence-corrected chi connectivity index (χ4v) is 6.05. The van der Waals surface area contributed by atoms with E-state index in [1.807, 2.05) is 0 Å². The highest BCUT2D eigenvalue weighted by Crippen LogP contribution is 2.32. The Morgan fingerprint density at radius 2 is 1.93 bits per heavy atom. The number of benzene rings is 2. The molecule has 3 rings (SSSR count). The lowest BCUT2D eigenvalue weighted by atomic mass is 10.2. The van der Waals surface area contributed by atoms with Crippen LogP contribution in [-0.2, 0) is 9.84 Å². The quantitative estimate of drug-likeness (QED) is 0.509. The number of carbonyl (C=O) groups excluding carboxylic acids is 1. The topological polar surface area (TPSA) is 63.2 Å². The molecule has 1 heterocycles. The molecule has 0 bridgehead atoms. The first-order chi connectivity index (χ1) is 13.3. The van der Waals surface area contributed by atoms with Gasteiger partial charge < -0.3 is 5.32 Å². The van der Waals surface area contributed by atoms with E-state index in [1.54, 1.807) is 41.8 Å². The molecular weight excluding hydrogens is 465 g/mol. The molecule has 0 unspecified atom stereocenters. The maximum Gasteiger partial charge on any atom is 0.252 e. The van der Waals surface area contributed by atoms with Gasteiger partial charge >= 0.3 is 0 Å². The number of carbonyl (C=O) groups is 1. The normalized spacial score (nSPS) is 12.5. The van der Waals surface area contributed by atoms with Gasteiger partial charge in [-0.2, -0.15) is 0 Å². The Labute approximate surface area is 175 Å². The average molecular weight is 482 g/mol. The molecule has 1 aromatic heterocycles. The van der Waals surface area contributed by atoms with Crippen LogP contribution >= 0.6 is 27.3 Å². The van der Waals surface area contributed by atoms with Crippen LogP contribution in [0.1, 0.15) is 26.0 Å². The van der Waals surface area contributed by atoms with Gasteiger partial charge in [-0.15, -0.1) is 11.3 Å². The van der Waals surface area contributed by atoms with Crippen molar-refractivity contribution in [2.24, 2.45) is 0 Å². The molecule has 1 N–H and O–H groups in total. The highest BCUT2D eigenvalue weighted by molar-refractivity contribution is 9.10. The zero-order valence-electron chi connectivity index (χ0n) is 14.9.